The number of anilines is 4. The van der Waals surface area contributed by atoms with Gasteiger partial charge in [0.25, 0.3) is 0 Å². The Labute approximate surface area is 163 Å². The molecule has 1 aliphatic carbocycles. The lowest BCUT2D eigenvalue weighted by Gasteiger charge is -2.34. The number of hydrogen-bond donors (Lipinski definition) is 2. The van der Waals surface area contributed by atoms with Crippen LogP contribution in [0.1, 0.15) is 25.7 Å². The van der Waals surface area contributed by atoms with Crippen LogP contribution in [0.25, 0.3) is 11.2 Å². The van der Waals surface area contributed by atoms with Crippen molar-refractivity contribution < 1.29 is 0 Å². The maximum Gasteiger partial charge on any atom is 0.164 e. The summed E-state index contributed by atoms with van der Waals surface area (Å²) in [6.07, 6.45) is 7.14. The molecular formula is C19H23N9. The van der Waals surface area contributed by atoms with Crippen molar-refractivity contribution in [1.29, 1.82) is 5.26 Å². The summed E-state index contributed by atoms with van der Waals surface area (Å²) < 4.78 is 1.89. The second kappa shape index (κ2) is 7.31. The van der Waals surface area contributed by atoms with Crippen molar-refractivity contribution in [2.45, 2.75) is 31.7 Å². The normalized spacial score (nSPS) is 19.3. The lowest BCUT2D eigenvalue weighted by molar-refractivity contribution is 0.368. The van der Waals surface area contributed by atoms with Crippen LogP contribution in [0, 0.1) is 17.2 Å². The van der Waals surface area contributed by atoms with Gasteiger partial charge in [0.1, 0.15) is 29.3 Å². The Morgan fingerprint density at radius 3 is 2.93 bits per heavy atom. The van der Waals surface area contributed by atoms with Gasteiger partial charge in [0.15, 0.2) is 5.65 Å². The maximum atomic E-state index is 9.31. The van der Waals surface area contributed by atoms with E-state index in [9.17, 15) is 5.26 Å². The number of pyridine rings is 1. The molecule has 28 heavy (non-hydrogen) atoms. The number of nitriles is 1. The van der Waals surface area contributed by atoms with E-state index in [0.29, 0.717) is 17.7 Å². The first-order valence-electron chi connectivity index (χ1n) is 9.34. The van der Waals surface area contributed by atoms with Crippen molar-refractivity contribution in [3.63, 3.8) is 0 Å². The highest BCUT2D eigenvalue weighted by Crippen LogP contribution is 2.32. The number of aromatic nitrogens is 5. The molecule has 144 valence electrons. The number of nitrogens with one attached hydrogen (secondary N) is 1. The predicted molar refractivity (Wildman–Crippen MR) is 108 cm³/mol. The van der Waals surface area contributed by atoms with Gasteiger partial charge in [-0.25, -0.2) is 19.9 Å². The number of nitrogens with two attached hydrogens (primary N) is 1. The maximum absolute atomic E-state index is 9.31. The van der Waals surface area contributed by atoms with Crippen LogP contribution in [-0.4, -0.2) is 37.6 Å². The Balaban J connectivity index is 1.71. The molecule has 0 radical (unpaired) electrons. The van der Waals surface area contributed by atoms with Gasteiger partial charge in [0.2, 0.25) is 0 Å². The minimum absolute atomic E-state index is 0.114. The number of fused-ring (bicyclic) bond motifs is 1. The topological polar surface area (TPSA) is 122 Å². The molecule has 2 unspecified atom stereocenters. The summed E-state index contributed by atoms with van der Waals surface area (Å²) in [4.78, 5) is 19.6. The number of imidazole rings is 1. The van der Waals surface area contributed by atoms with E-state index in [-0.39, 0.29) is 5.92 Å². The lowest BCUT2D eigenvalue weighted by Crippen LogP contribution is -2.36. The second-order valence-corrected chi connectivity index (χ2v) is 7.27. The fourth-order valence-corrected chi connectivity index (χ4v) is 3.76. The fourth-order valence-electron chi connectivity index (χ4n) is 3.76. The van der Waals surface area contributed by atoms with Gasteiger partial charge in [-0.3, -0.25) is 0 Å². The Morgan fingerprint density at radius 1 is 1.29 bits per heavy atom. The number of aryl methyl sites for hydroxylation is 1. The monoisotopic (exact) mass is 377 g/mol. The van der Waals surface area contributed by atoms with Crippen LogP contribution in [0.3, 0.4) is 0 Å². The first-order valence-corrected chi connectivity index (χ1v) is 9.34. The third-order valence-electron chi connectivity index (χ3n) is 5.34. The Bertz CT molecular complexity index is 1040. The molecule has 4 rings (SSSR count). The summed E-state index contributed by atoms with van der Waals surface area (Å²) in [6, 6.07) is 6.37. The first-order chi connectivity index (χ1) is 13.5. The molecule has 2 atom stereocenters. The van der Waals surface area contributed by atoms with E-state index < -0.39 is 0 Å². The molecule has 0 saturated heterocycles. The van der Waals surface area contributed by atoms with Crippen LogP contribution in [-0.2, 0) is 7.05 Å². The summed E-state index contributed by atoms with van der Waals surface area (Å²) >= 11 is 0. The number of rotatable bonds is 4. The van der Waals surface area contributed by atoms with E-state index in [0.717, 1.165) is 48.4 Å². The zero-order chi connectivity index (χ0) is 19.7. The van der Waals surface area contributed by atoms with E-state index in [2.05, 4.69) is 31.2 Å². The lowest BCUT2D eigenvalue weighted by atomic mass is 9.86. The molecule has 1 saturated carbocycles. The Morgan fingerprint density at radius 2 is 2.14 bits per heavy atom. The van der Waals surface area contributed by atoms with Crippen molar-refractivity contribution in [2.75, 3.05) is 23.0 Å². The molecule has 9 nitrogen and oxygen atoms in total. The molecule has 9 heteroatoms. The minimum atomic E-state index is 0.114. The smallest absolute Gasteiger partial charge is 0.164 e. The van der Waals surface area contributed by atoms with Gasteiger partial charge >= 0.3 is 0 Å². The molecule has 0 bridgehead atoms. The standard InChI is InChI=1S/C19H23N9/c1-27-11-24-18-14(25-16-8-15(21)22-10-23-16)7-17(26-19(18)27)28(2)13-5-3-4-12(6-13)9-20/h7-8,10-13H,3-6H2,1-2H3,(H3,21,22,23,25,26). The molecular weight excluding hydrogens is 354 g/mol. The van der Waals surface area contributed by atoms with Crippen molar-refractivity contribution in [2.24, 2.45) is 13.0 Å². The third-order valence-corrected chi connectivity index (χ3v) is 5.34. The summed E-state index contributed by atoms with van der Waals surface area (Å²) in [7, 11) is 3.96. The summed E-state index contributed by atoms with van der Waals surface area (Å²) in [5.41, 5.74) is 8.12. The fraction of sp³-hybridized carbons (Fsp3) is 0.421. The molecule has 3 aromatic heterocycles. The van der Waals surface area contributed by atoms with Crippen LogP contribution in [0.4, 0.5) is 23.1 Å². The number of nitrogen functional groups attached to an aromatic ring is 1. The van der Waals surface area contributed by atoms with Crippen molar-refractivity contribution in [1.82, 2.24) is 24.5 Å². The summed E-state index contributed by atoms with van der Waals surface area (Å²) in [6.45, 7) is 0. The Kier molecular flexibility index (Phi) is 4.69. The van der Waals surface area contributed by atoms with Crippen LogP contribution in [0.2, 0.25) is 0 Å². The quantitative estimate of drug-likeness (QED) is 0.711. The average Bonchev–Trinajstić information content (AvgIpc) is 3.08. The largest absolute Gasteiger partial charge is 0.384 e. The van der Waals surface area contributed by atoms with E-state index in [4.69, 9.17) is 10.7 Å². The van der Waals surface area contributed by atoms with Crippen molar-refractivity contribution in [3.8, 4) is 6.07 Å². The SMILES string of the molecule is CN(c1cc(Nc2cc(N)ncn2)c2ncn(C)c2n1)C1CCCC(C#N)C1. The van der Waals surface area contributed by atoms with Gasteiger partial charge in [-0.15, -0.1) is 0 Å². The molecule has 3 heterocycles. The molecule has 0 aromatic carbocycles. The molecule has 0 spiro atoms. The third kappa shape index (κ3) is 3.41. The molecule has 3 N–H and O–H groups in total. The highest BCUT2D eigenvalue weighted by Gasteiger charge is 2.26. The van der Waals surface area contributed by atoms with E-state index in [1.165, 1.54) is 6.33 Å². The van der Waals surface area contributed by atoms with Gasteiger partial charge < -0.3 is 20.5 Å². The number of nitrogens with zero attached hydrogens (tertiary/aromatic N) is 7. The highest BCUT2D eigenvalue weighted by molar-refractivity contribution is 5.90. The first kappa shape index (κ1) is 18.0. The van der Waals surface area contributed by atoms with E-state index in [1.807, 2.05) is 24.7 Å². The molecule has 3 aromatic rings. The van der Waals surface area contributed by atoms with Crippen molar-refractivity contribution >= 4 is 34.3 Å². The molecule has 0 aliphatic heterocycles. The zero-order valence-electron chi connectivity index (χ0n) is 16.0. The van der Waals surface area contributed by atoms with Gasteiger partial charge in [-0.05, 0) is 19.3 Å². The van der Waals surface area contributed by atoms with E-state index >= 15 is 0 Å². The predicted octanol–water partition coefficient (Wildman–Crippen LogP) is 2.60. The van der Waals surface area contributed by atoms with Crippen LogP contribution in [0.5, 0.6) is 0 Å². The van der Waals surface area contributed by atoms with Gasteiger partial charge in [0.05, 0.1) is 18.1 Å². The second-order valence-electron chi connectivity index (χ2n) is 7.27. The Hall–Kier alpha value is -3.41. The average molecular weight is 377 g/mol. The zero-order valence-corrected chi connectivity index (χ0v) is 16.0. The van der Waals surface area contributed by atoms with Crippen LogP contribution < -0.4 is 16.0 Å². The van der Waals surface area contributed by atoms with Gasteiger partial charge in [-0.2, -0.15) is 5.26 Å². The van der Waals surface area contributed by atoms with Gasteiger partial charge in [-0.1, -0.05) is 6.42 Å². The minimum Gasteiger partial charge on any atom is -0.384 e. The van der Waals surface area contributed by atoms with Crippen LogP contribution in [0.15, 0.2) is 24.8 Å². The summed E-state index contributed by atoms with van der Waals surface area (Å²) in [5, 5.41) is 12.6. The van der Waals surface area contributed by atoms with Gasteiger partial charge in [0, 0.05) is 38.2 Å². The highest BCUT2D eigenvalue weighted by atomic mass is 15.2. The molecule has 0 amide bonds. The summed E-state index contributed by atoms with van der Waals surface area (Å²) in [5.74, 6) is 1.94. The van der Waals surface area contributed by atoms with Crippen LogP contribution >= 0.6 is 0 Å². The molecule has 1 aliphatic rings. The number of hydrogen-bond acceptors (Lipinski definition) is 8. The van der Waals surface area contributed by atoms with E-state index in [1.54, 1.807) is 12.4 Å². The van der Waals surface area contributed by atoms with Crippen molar-refractivity contribution in [3.05, 3.63) is 24.8 Å². The molecule has 1 fully saturated rings.